The number of hydrogen-bond donors (Lipinski definition) is 0. The average Bonchev–Trinajstić information content (AvgIpc) is 1.91. The Hall–Kier alpha value is -0.680. The van der Waals surface area contributed by atoms with Gasteiger partial charge in [-0.15, -0.1) is 3.89 Å². The molecule has 0 saturated heterocycles. The van der Waals surface area contributed by atoms with Gasteiger partial charge in [-0.2, -0.15) is 8.42 Å². The fourth-order valence-corrected chi connectivity index (χ4v) is 1.30. The van der Waals surface area contributed by atoms with Crippen LogP contribution in [-0.2, 0) is 16.0 Å². The lowest BCUT2D eigenvalue weighted by atomic mass is 10.4. The monoisotopic (exact) mass is 209 g/mol. The first-order valence-electron chi connectivity index (χ1n) is 3.00. The summed E-state index contributed by atoms with van der Waals surface area (Å²) in [6, 6.07) is 2.81. The summed E-state index contributed by atoms with van der Waals surface area (Å²) in [5.74, 6) is -0.704. The van der Waals surface area contributed by atoms with Crippen molar-refractivity contribution < 1.29 is 12.3 Å². The average molecular weight is 210 g/mol. The standard InChI is InChI=1S/C6H5ClFNO2S/c7-5-1-2-6(9-3-5)4-12(8,10)11/h1-3H,4H2. The molecule has 0 amide bonds. The summed E-state index contributed by atoms with van der Waals surface area (Å²) in [5, 5.41) is 0.384. The SMILES string of the molecule is O=S(=O)(F)Cc1ccc(Cl)cn1. The number of nitrogens with zero attached hydrogens (tertiary/aromatic N) is 1. The molecule has 0 unspecified atom stereocenters. The van der Waals surface area contributed by atoms with Gasteiger partial charge in [0.2, 0.25) is 0 Å². The largest absolute Gasteiger partial charge is 0.308 e. The smallest absolute Gasteiger partial charge is 0.259 e. The molecular formula is C6H5ClFNO2S. The van der Waals surface area contributed by atoms with E-state index in [1.165, 1.54) is 18.3 Å². The third-order valence-corrected chi connectivity index (χ3v) is 1.97. The molecule has 0 aliphatic carbocycles. The van der Waals surface area contributed by atoms with Gasteiger partial charge >= 0.3 is 10.2 Å². The molecular weight excluding hydrogens is 205 g/mol. The molecule has 0 aliphatic heterocycles. The van der Waals surface area contributed by atoms with Crippen molar-refractivity contribution in [2.24, 2.45) is 0 Å². The number of rotatable bonds is 2. The molecule has 0 bridgehead atoms. The van der Waals surface area contributed by atoms with Crippen LogP contribution in [0.15, 0.2) is 18.3 Å². The van der Waals surface area contributed by atoms with E-state index in [4.69, 9.17) is 11.6 Å². The van der Waals surface area contributed by atoms with Gasteiger partial charge in [0.1, 0.15) is 5.75 Å². The summed E-state index contributed by atoms with van der Waals surface area (Å²) < 4.78 is 32.4. The molecule has 0 N–H and O–H groups in total. The van der Waals surface area contributed by atoms with Crippen LogP contribution in [-0.4, -0.2) is 13.4 Å². The number of pyridine rings is 1. The summed E-state index contributed by atoms with van der Waals surface area (Å²) in [6.45, 7) is 0. The van der Waals surface area contributed by atoms with E-state index < -0.39 is 16.0 Å². The quantitative estimate of drug-likeness (QED) is 0.694. The zero-order chi connectivity index (χ0) is 9.19. The Kier molecular flexibility index (Phi) is 2.64. The normalized spacial score (nSPS) is 11.5. The molecule has 0 saturated carbocycles. The highest BCUT2D eigenvalue weighted by Gasteiger charge is 2.09. The Balaban J connectivity index is 2.85. The van der Waals surface area contributed by atoms with E-state index >= 15 is 0 Å². The molecule has 6 heteroatoms. The molecule has 0 fully saturated rings. The van der Waals surface area contributed by atoms with E-state index in [-0.39, 0.29) is 5.69 Å². The van der Waals surface area contributed by atoms with Crippen LogP contribution >= 0.6 is 11.6 Å². The summed E-state index contributed by atoms with van der Waals surface area (Å²) in [4.78, 5) is 3.61. The molecule has 0 radical (unpaired) electrons. The van der Waals surface area contributed by atoms with Gasteiger partial charge < -0.3 is 0 Å². The number of aromatic nitrogens is 1. The lowest BCUT2D eigenvalue weighted by molar-refractivity contribution is 0.550. The minimum Gasteiger partial charge on any atom is -0.259 e. The van der Waals surface area contributed by atoms with Crippen molar-refractivity contribution in [2.45, 2.75) is 5.75 Å². The second kappa shape index (κ2) is 3.37. The van der Waals surface area contributed by atoms with Gasteiger partial charge in [-0.1, -0.05) is 11.6 Å². The molecule has 0 spiro atoms. The molecule has 12 heavy (non-hydrogen) atoms. The van der Waals surface area contributed by atoms with Crippen LogP contribution in [0.5, 0.6) is 0 Å². The maximum atomic E-state index is 12.1. The molecule has 66 valence electrons. The van der Waals surface area contributed by atoms with Gasteiger partial charge in [0.25, 0.3) is 0 Å². The molecule has 1 aromatic rings. The molecule has 3 nitrogen and oxygen atoms in total. The van der Waals surface area contributed by atoms with E-state index in [9.17, 15) is 12.3 Å². The Morgan fingerprint density at radius 3 is 2.58 bits per heavy atom. The van der Waals surface area contributed by atoms with Gasteiger partial charge in [-0.05, 0) is 12.1 Å². The second-order valence-corrected chi connectivity index (χ2v) is 3.95. The fourth-order valence-electron chi connectivity index (χ4n) is 0.668. The summed E-state index contributed by atoms with van der Waals surface area (Å²) in [7, 11) is -4.50. The summed E-state index contributed by atoms with van der Waals surface area (Å²) in [6.07, 6.45) is 1.27. The molecule has 0 aliphatic rings. The van der Waals surface area contributed by atoms with Crippen molar-refractivity contribution in [2.75, 3.05) is 0 Å². The minimum absolute atomic E-state index is 0.141. The summed E-state index contributed by atoms with van der Waals surface area (Å²) >= 11 is 5.48. The van der Waals surface area contributed by atoms with Gasteiger partial charge in [0, 0.05) is 6.20 Å². The van der Waals surface area contributed by atoms with E-state index in [0.29, 0.717) is 5.02 Å². The maximum absolute atomic E-state index is 12.1. The molecule has 0 aromatic carbocycles. The topological polar surface area (TPSA) is 47.0 Å². The van der Waals surface area contributed by atoms with Gasteiger partial charge in [-0.25, -0.2) is 0 Å². The molecule has 1 aromatic heterocycles. The van der Waals surface area contributed by atoms with Crippen molar-refractivity contribution in [3.63, 3.8) is 0 Å². The Labute approximate surface area is 74.4 Å². The number of hydrogen-bond acceptors (Lipinski definition) is 3. The highest BCUT2D eigenvalue weighted by atomic mass is 35.5. The minimum atomic E-state index is -4.50. The second-order valence-electron chi connectivity index (χ2n) is 2.15. The summed E-state index contributed by atoms with van der Waals surface area (Å²) in [5.41, 5.74) is 0.141. The third kappa shape index (κ3) is 3.15. The van der Waals surface area contributed by atoms with Crippen LogP contribution in [0.25, 0.3) is 0 Å². The fraction of sp³-hybridized carbons (Fsp3) is 0.167. The van der Waals surface area contributed by atoms with E-state index in [0.717, 1.165) is 0 Å². The van der Waals surface area contributed by atoms with E-state index in [1.807, 2.05) is 0 Å². The molecule has 1 heterocycles. The number of halogens is 2. The Morgan fingerprint density at radius 1 is 1.50 bits per heavy atom. The van der Waals surface area contributed by atoms with Gasteiger partial charge in [0.05, 0.1) is 10.7 Å². The lowest BCUT2D eigenvalue weighted by Crippen LogP contribution is -1.97. The third-order valence-electron chi connectivity index (χ3n) is 1.11. The van der Waals surface area contributed by atoms with Crippen molar-refractivity contribution in [3.8, 4) is 0 Å². The van der Waals surface area contributed by atoms with Crippen LogP contribution in [0.2, 0.25) is 5.02 Å². The van der Waals surface area contributed by atoms with Crippen molar-refractivity contribution in [3.05, 3.63) is 29.0 Å². The van der Waals surface area contributed by atoms with Crippen LogP contribution in [0.4, 0.5) is 3.89 Å². The predicted molar refractivity (Wildman–Crippen MR) is 43.0 cm³/mol. The molecule has 1 rings (SSSR count). The van der Waals surface area contributed by atoms with Crippen LogP contribution in [0, 0.1) is 0 Å². The van der Waals surface area contributed by atoms with E-state index in [2.05, 4.69) is 4.98 Å². The highest BCUT2D eigenvalue weighted by molar-refractivity contribution is 7.85. The van der Waals surface area contributed by atoms with Crippen LogP contribution in [0.3, 0.4) is 0 Å². The Bertz CT molecular complexity index is 362. The predicted octanol–water partition coefficient (Wildman–Crippen LogP) is 1.53. The van der Waals surface area contributed by atoms with Crippen LogP contribution < -0.4 is 0 Å². The van der Waals surface area contributed by atoms with Gasteiger partial charge in [0.15, 0.2) is 0 Å². The van der Waals surface area contributed by atoms with Crippen LogP contribution in [0.1, 0.15) is 5.69 Å². The maximum Gasteiger partial charge on any atom is 0.308 e. The highest BCUT2D eigenvalue weighted by Crippen LogP contribution is 2.09. The van der Waals surface area contributed by atoms with Crippen molar-refractivity contribution >= 4 is 21.8 Å². The first kappa shape index (κ1) is 9.41. The first-order chi connectivity index (χ1) is 5.47. The van der Waals surface area contributed by atoms with Crippen molar-refractivity contribution in [1.82, 2.24) is 4.98 Å². The first-order valence-corrected chi connectivity index (χ1v) is 4.93. The molecule has 0 atom stereocenters. The Morgan fingerprint density at radius 2 is 2.17 bits per heavy atom. The van der Waals surface area contributed by atoms with Gasteiger partial charge in [-0.3, -0.25) is 4.98 Å². The van der Waals surface area contributed by atoms with Crippen molar-refractivity contribution in [1.29, 1.82) is 0 Å². The van der Waals surface area contributed by atoms with E-state index in [1.54, 1.807) is 0 Å². The lowest BCUT2D eigenvalue weighted by Gasteiger charge is -1.94. The zero-order valence-electron chi connectivity index (χ0n) is 5.87. The zero-order valence-corrected chi connectivity index (χ0v) is 7.44.